The second-order valence-corrected chi connectivity index (χ2v) is 5.62. The zero-order valence-corrected chi connectivity index (χ0v) is 13.7. The summed E-state index contributed by atoms with van der Waals surface area (Å²) in [6.45, 7) is 15.2. The molecule has 0 unspecified atom stereocenters. The first-order valence-corrected chi connectivity index (χ1v) is 7.20. The largest absolute Gasteiger partial charge is 0.332 e. The maximum atomic E-state index is 12.0. The number of hydrogen-bond donors (Lipinski definition) is 0. The Morgan fingerprint density at radius 2 is 1.65 bits per heavy atom. The topological polar surface area (TPSA) is 20.3 Å². The molecular weight excluding hydrogens is 246 g/mol. The fourth-order valence-corrected chi connectivity index (χ4v) is 1.71. The monoisotopic (exact) mass is 275 g/mol. The van der Waals surface area contributed by atoms with Crippen LogP contribution < -0.4 is 0 Å². The first-order valence-electron chi connectivity index (χ1n) is 7.20. The Balaban J connectivity index is 4.52. The summed E-state index contributed by atoms with van der Waals surface area (Å²) in [5, 5.41) is 0. The van der Waals surface area contributed by atoms with Crippen LogP contribution in [-0.4, -0.2) is 23.9 Å². The van der Waals surface area contributed by atoms with E-state index in [9.17, 15) is 4.79 Å². The van der Waals surface area contributed by atoms with Crippen LogP contribution in [0.15, 0.2) is 47.6 Å². The van der Waals surface area contributed by atoms with E-state index in [4.69, 9.17) is 0 Å². The molecule has 0 fully saturated rings. The molecule has 20 heavy (non-hydrogen) atoms. The third-order valence-corrected chi connectivity index (χ3v) is 2.82. The minimum atomic E-state index is 0.0539. The van der Waals surface area contributed by atoms with Crippen molar-refractivity contribution in [2.75, 3.05) is 13.1 Å². The summed E-state index contributed by atoms with van der Waals surface area (Å²) in [6, 6.07) is 0. The molecule has 112 valence electrons. The third-order valence-electron chi connectivity index (χ3n) is 2.82. The van der Waals surface area contributed by atoms with E-state index in [-0.39, 0.29) is 5.91 Å². The maximum absolute atomic E-state index is 12.0. The van der Waals surface area contributed by atoms with Crippen LogP contribution in [0.5, 0.6) is 0 Å². The second kappa shape index (κ2) is 10.2. The van der Waals surface area contributed by atoms with Gasteiger partial charge in [0, 0.05) is 19.2 Å². The molecular formula is C18H29NO. The molecule has 0 saturated carbocycles. The van der Waals surface area contributed by atoms with Crippen molar-refractivity contribution in [2.45, 2.75) is 47.5 Å². The number of amides is 1. The molecule has 0 aromatic heterocycles. The number of rotatable bonds is 8. The predicted molar refractivity (Wildman–Crippen MR) is 88.6 cm³/mol. The zero-order valence-electron chi connectivity index (χ0n) is 13.7. The second-order valence-electron chi connectivity index (χ2n) is 5.62. The van der Waals surface area contributed by atoms with Crippen molar-refractivity contribution in [3.8, 4) is 0 Å². The van der Waals surface area contributed by atoms with Gasteiger partial charge in [-0.25, -0.2) is 0 Å². The highest BCUT2D eigenvalue weighted by Crippen LogP contribution is 2.07. The van der Waals surface area contributed by atoms with Gasteiger partial charge in [0.2, 0.25) is 5.91 Å². The van der Waals surface area contributed by atoms with Gasteiger partial charge in [0.1, 0.15) is 0 Å². The van der Waals surface area contributed by atoms with Crippen molar-refractivity contribution in [2.24, 2.45) is 0 Å². The lowest BCUT2D eigenvalue weighted by atomic mass is 10.1. The molecule has 2 heteroatoms. The molecule has 0 aromatic carbocycles. The van der Waals surface area contributed by atoms with E-state index in [0.717, 1.165) is 18.4 Å². The van der Waals surface area contributed by atoms with E-state index < -0.39 is 0 Å². The Kier molecular flexibility index (Phi) is 9.44. The van der Waals surface area contributed by atoms with Crippen LogP contribution >= 0.6 is 0 Å². The van der Waals surface area contributed by atoms with Crippen LogP contribution in [0.4, 0.5) is 0 Å². The van der Waals surface area contributed by atoms with Crippen LogP contribution in [0.3, 0.4) is 0 Å². The van der Waals surface area contributed by atoms with Crippen LogP contribution in [-0.2, 0) is 4.79 Å². The van der Waals surface area contributed by atoms with Crippen LogP contribution in [0.1, 0.15) is 47.5 Å². The molecule has 0 aliphatic heterocycles. The highest BCUT2D eigenvalue weighted by atomic mass is 16.2. The molecule has 0 rings (SSSR count). The molecule has 0 radical (unpaired) electrons. The number of hydrogen-bond acceptors (Lipinski definition) is 1. The van der Waals surface area contributed by atoms with Gasteiger partial charge in [0.15, 0.2) is 0 Å². The van der Waals surface area contributed by atoms with E-state index >= 15 is 0 Å². The summed E-state index contributed by atoms with van der Waals surface area (Å²) in [5.41, 5.74) is 3.69. The quantitative estimate of drug-likeness (QED) is 0.466. The van der Waals surface area contributed by atoms with Crippen molar-refractivity contribution in [3.05, 3.63) is 47.6 Å². The number of carbonyl (C=O) groups is 1. The van der Waals surface area contributed by atoms with Gasteiger partial charge in [-0.2, -0.15) is 0 Å². The highest BCUT2D eigenvalue weighted by Gasteiger charge is 2.07. The van der Waals surface area contributed by atoms with Gasteiger partial charge in [0.25, 0.3) is 0 Å². The summed E-state index contributed by atoms with van der Waals surface area (Å²) < 4.78 is 0. The lowest BCUT2D eigenvalue weighted by molar-refractivity contribution is -0.125. The molecule has 0 aromatic rings. The number of nitrogens with zero attached hydrogens (tertiary/aromatic N) is 1. The lowest BCUT2D eigenvalue weighted by Gasteiger charge is -2.18. The average Bonchev–Trinajstić information content (AvgIpc) is 2.32. The van der Waals surface area contributed by atoms with Crippen molar-refractivity contribution in [1.29, 1.82) is 0 Å². The Bertz CT molecular complexity index is 405. The standard InChI is InChI=1S/C18H29NO/c1-7-12-19(18(20)14-16(4)5)13-11-17(6)10-8-9-15(2)3/h7,9,11,14H,1,8,10,12-13H2,2-6H3/b17-11-. The Morgan fingerprint density at radius 1 is 1.00 bits per heavy atom. The normalized spacial score (nSPS) is 10.8. The van der Waals surface area contributed by atoms with Crippen LogP contribution in [0.25, 0.3) is 0 Å². The van der Waals surface area contributed by atoms with E-state index in [1.165, 1.54) is 11.1 Å². The summed E-state index contributed by atoms with van der Waals surface area (Å²) in [5.74, 6) is 0.0539. The van der Waals surface area contributed by atoms with Crippen molar-refractivity contribution >= 4 is 5.91 Å². The predicted octanol–water partition coefficient (Wildman–Crippen LogP) is 4.66. The van der Waals surface area contributed by atoms with E-state index in [0.29, 0.717) is 13.1 Å². The third kappa shape index (κ3) is 9.37. The van der Waals surface area contributed by atoms with Gasteiger partial charge in [-0.15, -0.1) is 6.58 Å². The van der Waals surface area contributed by atoms with E-state index in [2.05, 4.69) is 39.5 Å². The summed E-state index contributed by atoms with van der Waals surface area (Å²) in [6.07, 6.45) is 9.93. The molecule has 0 aliphatic rings. The fraction of sp³-hybridized carbons (Fsp3) is 0.500. The van der Waals surface area contributed by atoms with Gasteiger partial charge in [-0.05, 0) is 47.5 Å². The van der Waals surface area contributed by atoms with E-state index in [1.54, 1.807) is 17.1 Å². The van der Waals surface area contributed by atoms with Crippen molar-refractivity contribution in [1.82, 2.24) is 4.90 Å². The Hall–Kier alpha value is -1.57. The average molecular weight is 275 g/mol. The van der Waals surface area contributed by atoms with Gasteiger partial charge < -0.3 is 4.90 Å². The minimum Gasteiger partial charge on any atom is -0.332 e. The molecule has 0 heterocycles. The summed E-state index contributed by atoms with van der Waals surface area (Å²) in [4.78, 5) is 13.8. The van der Waals surface area contributed by atoms with Crippen molar-refractivity contribution < 1.29 is 4.79 Å². The smallest absolute Gasteiger partial charge is 0.247 e. The Morgan fingerprint density at radius 3 is 2.15 bits per heavy atom. The molecule has 1 amide bonds. The first-order chi connectivity index (χ1) is 9.36. The SMILES string of the molecule is C=CCN(C/C=C(/C)CCC=C(C)C)C(=O)C=C(C)C. The summed E-state index contributed by atoms with van der Waals surface area (Å²) in [7, 11) is 0. The first kappa shape index (κ1) is 18.4. The van der Waals surface area contributed by atoms with Crippen molar-refractivity contribution in [3.63, 3.8) is 0 Å². The molecule has 0 N–H and O–H groups in total. The molecule has 0 saturated heterocycles. The van der Waals surface area contributed by atoms with Gasteiger partial charge in [-0.3, -0.25) is 4.79 Å². The molecule has 0 aliphatic carbocycles. The minimum absolute atomic E-state index is 0.0539. The Labute approximate surface area is 124 Å². The molecule has 2 nitrogen and oxygen atoms in total. The van der Waals surface area contributed by atoms with Gasteiger partial charge in [0.05, 0.1) is 0 Å². The zero-order chi connectivity index (χ0) is 15.5. The van der Waals surface area contributed by atoms with Gasteiger partial charge >= 0.3 is 0 Å². The molecule has 0 atom stereocenters. The maximum Gasteiger partial charge on any atom is 0.247 e. The summed E-state index contributed by atoms with van der Waals surface area (Å²) >= 11 is 0. The molecule has 0 spiro atoms. The van der Waals surface area contributed by atoms with E-state index in [1.807, 2.05) is 13.8 Å². The fourth-order valence-electron chi connectivity index (χ4n) is 1.71. The van der Waals surface area contributed by atoms with Crippen LogP contribution in [0.2, 0.25) is 0 Å². The lowest BCUT2D eigenvalue weighted by Crippen LogP contribution is -2.30. The number of allylic oxidation sites excluding steroid dienone is 4. The molecule has 0 bridgehead atoms. The van der Waals surface area contributed by atoms with Crippen LogP contribution in [0, 0.1) is 0 Å². The highest BCUT2D eigenvalue weighted by molar-refractivity contribution is 5.88. The van der Waals surface area contributed by atoms with Gasteiger partial charge in [-0.1, -0.05) is 34.9 Å². The number of carbonyl (C=O) groups excluding carboxylic acids is 1.